The van der Waals surface area contributed by atoms with Gasteiger partial charge in [0.05, 0.1) is 0 Å². The van der Waals surface area contributed by atoms with Gasteiger partial charge in [-0.15, -0.1) is 0 Å². The lowest BCUT2D eigenvalue weighted by molar-refractivity contribution is 0.559. The highest BCUT2D eigenvalue weighted by molar-refractivity contribution is 5.03. The van der Waals surface area contributed by atoms with Crippen LogP contribution in [-0.2, 0) is 13.0 Å². The lowest BCUT2D eigenvalue weighted by Gasteiger charge is -2.07. The van der Waals surface area contributed by atoms with Gasteiger partial charge in [0, 0.05) is 24.8 Å². The Balaban J connectivity index is 2.59. The topological polar surface area (TPSA) is 66.9 Å². The highest BCUT2D eigenvalue weighted by Gasteiger charge is 2.02. The lowest BCUT2D eigenvalue weighted by atomic mass is 10.2. The Bertz CT molecular complexity index is 448. The van der Waals surface area contributed by atoms with Gasteiger partial charge < -0.3 is 5.32 Å². The molecule has 2 N–H and O–H groups in total. The molecule has 0 fully saturated rings. The number of rotatable bonds is 7. The monoisotopic (exact) mass is 239 g/mol. The van der Waals surface area contributed by atoms with Crippen LogP contribution in [-0.4, -0.2) is 22.6 Å². The van der Waals surface area contributed by atoms with Crippen molar-refractivity contribution >= 4 is 0 Å². The van der Waals surface area contributed by atoms with Crippen molar-refractivity contribution < 1.29 is 0 Å². The largest absolute Gasteiger partial charge is 0.328 e. The first-order chi connectivity index (χ1) is 8.19. The van der Waals surface area contributed by atoms with Crippen LogP contribution in [0, 0.1) is 0 Å². The van der Waals surface area contributed by atoms with Crippen LogP contribution < -0.4 is 16.6 Å². The molecule has 0 atom stereocenters. The third-order valence-corrected chi connectivity index (χ3v) is 2.70. The Kier molecular flexibility index (Phi) is 5.69. The van der Waals surface area contributed by atoms with Crippen LogP contribution in [0.3, 0.4) is 0 Å². The molecule has 0 aliphatic heterocycles. The van der Waals surface area contributed by atoms with Gasteiger partial charge in [-0.05, 0) is 19.4 Å². The summed E-state index contributed by atoms with van der Waals surface area (Å²) in [6, 6.07) is 0. The van der Waals surface area contributed by atoms with E-state index in [9.17, 15) is 9.59 Å². The summed E-state index contributed by atoms with van der Waals surface area (Å²) in [5, 5.41) is 3.26. The molecule has 0 spiro atoms. The molecule has 0 amide bonds. The van der Waals surface area contributed by atoms with E-state index in [2.05, 4.69) is 17.2 Å². The minimum absolute atomic E-state index is 0.271. The van der Waals surface area contributed by atoms with Gasteiger partial charge in [-0.1, -0.05) is 20.3 Å². The summed E-state index contributed by atoms with van der Waals surface area (Å²) in [6.45, 7) is 6.34. The van der Waals surface area contributed by atoms with Gasteiger partial charge >= 0.3 is 5.69 Å². The summed E-state index contributed by atoms with van der Waals surface area (Å²) in [5.74, 6) is 0. The Hall–Kier alpha value is -1.36. The van der Waals surface area contributed by atoms with E-state index in [1.807, 2.05) is 6.92 Å². The predicted molar refractivity (Wildman–Crippen MR) is 68.5 cm³/mol. The Morgan fingerprint density at radius 3 is 2.71 bits per heavy atom. The molecule has 0 radical (unpaired) electrons. The van der Waals surface area contributed by atoms with Gasteiger partial charge in [0.25, 0.3) is 5.56 Å². The molecule has 0 bridgehead atoms. The lowest BCUT2D eigenvalue weighted by Crippen LogP contribution is -2.34. The average Bonchev–Trinajstić information content (AvgIpc) is 2.31. The van der Waals surface area contributed by atoms with Crippen molar-refractivity contribution in [2.75, 3.05) is 13.1 Å². The molecule has 0 saturated heterocycles. The molecule has 1 aromatic heterocycles. The molecule has 5 heteroatoms. The molecule has 0 aliphatic rings. The molecule has 0 aliphatic carbocycles. The normalized spacial score (nSPS) is 10.7. The zero-order chi connectivity index (χ0) is 12.7. The molecule has 5 nitrogen and oxygen atoms in total. The molecule has 0 aromatic carbocycles. The second-order valence-corrected chi connectivity index (χ2v) is 4.06. The second kappa shape index (κ2) is 7.06. The maximum absolute atomic E-state index is 11.5. The second-order valence-electron chi connectivity index (χ2n) is 4.06. The van der Waals surface area contributed by atoms with Crippen molar-refractivity contribution in [3.05, 3.63) is 32.6 Å². The number of aromatic nitrogens is 2. The number of nitrogens with zero attached hydrogens (tertiary/aromatic N) is 1. The summed E-state index contributed by atoms with van der Waals surface area (Å²) in [5.41, 5.74) is 0.0512. The van der Waals surface area contributed by atoms with E-state index < -0.39 is 0 Å². The highest BCUT2D eigenvalue weighted by atomic mass is 16.2. The molecule has 1 aromatic rings. The molecular weight excluding hydrogens is 218 g/mol. The number of nitrogens with one attached hydrogen (secondary N) is 2. The number of hydrogen-bond acceptors (Lipinski definition) is 3. The van der Waals surface area contributed by atoms with Crippen LogP contribution in [0.25, 0.3) is 0 Å². The fraction of sp³-hybridized carbons (Fsp3) is 0.667. The standard InChI is InChI=1S/C12H21N3O2/c1-3-5-6-13-7-8-15-9-10(4-2)11(16)14-12(15)17/h9,13H,3-8H2,1-2H3,(H,14,16,17). The fourth-order valence-electron chi connectivity index (χ4n) is 1.60. The smallest absolute Gasteiger partial charge is 0.315 e. The summed E-state index contributed by atoms with van der Waals surface area (Å²) in [7, 11) is 0. The Morgan fingerprint density at radius 2 is 2.06 bits per heavy atom. The van der Waals surface area contributed by atoms with Crippen molar-refractivity contribution in [2.24, 2.45) is 0 Å². The fourth-order valence-corrected chi connectivity index (χ4v) is 1.60. The van der Waals surface area contributed by atoms with E-state index >= 15 is 0 Å². The predicted octanol–water partition coefficient (Wildman–Crippen LogP) is 0.489. The Labute approximate surface area is 101 Å². The Morgan fingerprint density at radius 1 is 1.29 bits per heavy atom. The minimum atomic E-state index is -0.329. The van der Waals surface area contributed by atoms with E-state index in [4.69, 9.17) is 0 Å². The average molecular weight is 239 g/mol. The molecule has 96 valence electrons. The number of unbranched alkanes of at least 4 members (excludes halogenated alkanes) is 1. The van der Waals surface area contributed by atoms with E-state index in [0.717, 1.165) is 25.9 Å². The van der Waals surface area contributed by atoms with E-state index in [-0.39, 0.29) is 11.2 Å². The van der Waals surface area contributed by atoms with Crippen LogP contribution in [0.15, 0.2) is 15.8 Å². The molecule has 0 unspecified atom stereocenters. The minimum Gasteiger partial charge on any atom is -0.315 e. The number of hydrogen-bond donors (Lipinski definition) is 2. The van der Waals surface area contributed by atoms with Crippen molar-refractivity contribution in [3.8, 4) is 0 Å². The van der Waals surface area contributed by atoms with E-state index in [1.54, 1.807) is 10.8 Å². The first-order valence-corrected chi connectivity index (χ1v) is 6.22. The first-order valence-electron chi connectivity index (χ1n) is 6.22. The third kappa shape index (κ3) is 4.19. The quantitative estimate of drug-likeness (QED) is 0.680. The molecule has 1 heterocycles. The van der Waals surface area contributed by atoms with Crippen molar-refractivity contribution in [3.63, 3.8) is 0 Å². The van der Waals surface area contributed by atoms with Gasteiger partial charge in [-0.25, -0.2) is 4.79 Å². The van der Waals surface area contributed by atoms with Crippen LogP contribution in [0.4, 0.5) is 0 Å². The molecular formula is C12H21N3O2. The van der Waals surface area contributed by atoms with E-state index in [1.165, 1.54) is 0 Å². The van der Waals surface area contributed by atoms with Crippen LogP contribution >= 0.6 is 0 Å². The van der Waals surface area contributed by atoms with E-state index in [0.29, 0.717) is 18.5 Å². The zero-order valence-electron chi connectivity index (χ0n) is 10.6. The SMILES string of the molecule is CCCCNCCn1cc(CC)c(=O)[nH]c1=O. The maximum atomic E-state index is 11.5. The first kappa shape index (κ1) is 13.7. The maximum Gasteiger partial charge on any atom is 0.328 e. The van der Waals surface area contributed by atoms with Gasteiger partial charge in [-0.2, -0.15) is 0 Å². The van der Waals surface area contributed by atoms with Crippen LogP contribution in [0.5, 0.6) is 0 Å². The summed E-state index contributed by atoms with van der Waals surface area (Å²) >= 11 is 0. The summed E-state index contributed by atoms with van der Waals surface area (Å²) < 4.78 is 1.55. The van der Waals surface area contributed by atoms with Gasteiger partial charge in [-0.3, -0.25) is 14.3 Å². The van der Waals surface area contributed by atoms with Crippen molar-refractivity contribution in [2.45, 2.75) is 39.7 Å². The van der Waals surface area contributed by atoms with Crippen molar-refractivity contribution in [1.29, 1.82) is 0 Å². The third-order valence-electron chi connectivity index (χ3n) is 2.70. The highest BCUT2D eigenvalue weighted by Crippen LogP contribution is 1.89. The van der Waals surface area contributed by atoms with Crippen LogP contribution in [0.1, 0.15) is 32.3 Å². The molecule has 17 heavy (non-hydrogen) atoms. The molecule has 0 saturated carbocycles. The van der Waals surface area contributed by atoms with Gasteiger partial charge in [0.15, 0.2) is 0 Å². The number of aryl methyl sites for hydroxylation is 1. The van der Waals surface area contributed by atoms with Gasteiger partial charge in [0.1, 0.15) is 0 Å². The van der Waals surface area contributed by atoms with Crippen molar-refractivity contribution in [1.82, 2.24) is 14.9 Å². The number of aromatic amines is 1. The number of H-pyrrole nitrogens is 1. The summed E-state index contributed by atoms with van der Waals surface area (Å²) in [4.78, 5) is 25.2. The zero-order valence-corrected chi connectivity index (χ0v) is 10.6. The summed E-state index contributed by atoms with van der Waals surface area (Å²) in [6.07, 6.45) is 4.59. The van der Waals surface area contributed by atoms with Gasteiger partial charge in [0.2, 0.25) is 0 Å². The van der Waals surface area contributed by atoms with Crippen LogP contribution in [0.2, 0.25) is 0 Å². The molecule has 1 rings (SSSR count).